The number of hydrogen-bond donors (Lipinski definition) is 8. The van der Waals surface area contributed by atoms with Gasteiger partial charge in [0.15, 0.2) is 5.84 Å². The number of aromatic hydroxyl groups is 2. The van der Waals surface area contributed by atoms with Crippen LogP contribution >= 0.6 is 23.4 Å². The van der Waals surface area contributed by atoms with Gasteiger partial charge in [0.2, 0.25) is 0 Å². The van der Waals surface area contributed by atoms with Gasteiger partial charge in [-0.3, -0.25) is 25.4 Å². The summed E-state index contributed by atoms with van der Waals surface area (Å²) in [6.45, 7) is 21.9. The number of thioether (sulfide) groups is 1. The number of rotatable bonds is 12. The van der Waals surface area contributed by atoms with Crippen molar-refractivity contribution in [2.24, 2.45) is 16.5 Å². The van der Waals surface area contributed by atoms with Gasteiger partial charge in [-0.05, 0) is 99.9 Å². The molecule has 0 radical (unpaired) electrons. The Balaban J connectivity index is 0.00000403. The number of nitrogens with two attached hydrogens (primary N) is 2. The fourth-order valence-corrected chi connectivity index (χ4v) is 8.28. The number of nitrogens with one attached hydrogen (secondary N) is 4. The van der Waals surface area contributed by atoms with Gasteiger partial charge in [-0.2, -0.15) is 0 Å². The molecule has 3 aromatic rings. The molecule has 61 heavy (non-hydrogen) atoms. The highest BCUT2D eigenvalue weighted by Crippen LogP contribution is 2.39. The van der Waals surface area contributed by atoms with Crippen molar-refractivity contribution in [1.29, 1.82) is 10.8 Å². The minimum atomic E-state index is -0.652. The number of aliphatic imine (C=N–C) groups is 1. The van der Waals surface area contributed by atoms with Crippen LogP contribution in [0, 0.1) is 10.8 Å². The molecule has 330 valence electrons. The van der Waals surface area contributed by atoms with E-state index in [1.807, 2.05) is 65.0 Å². The molecule has 0 aliphatic carbocycles. The van der Waals surface area contributed by atoms with Crippen LogP contribution in [0.4, 0.5) is 11.4 Å². The zero-order chi connectivity index (χ0) is 45.0. The average molecular weight is 874 g/mol. The third kappa shape index (κ3) is 12.8. The molecule has 10 N–H and O–H groups in total. The van der Waals surface area contributed by atoms with Crippen LogP contribution in [0.3, 0.4) is 0 Å². The van der Waals surface area contributed by atoms with E-state index in [2.05, 4.69) is 33.9 Å². The van der Waals surface area contributed by atoms with E-state index in [1.54, 1.807) is 25.1 Å². The third-order valence-electron chi connectivity index (χ3n) is 10.8. The molecule has 0 atom stereocenters. The fraction of sp³-hybridized carbons (Fsp3) is 0.435. The molecular formula is C46H65ClN10O3S. The highest BCUT2D eigenvalue weighted by atomic mass is 35.5. The number of hydrogen-bond acceptors (Lipinski definition) is 11. The van der Waals surface area contributed by atoms with Crippen molar-refractivity contribution < 1.29 is 15.0 Å². The molecule has 0 bridgehead atoms. The van der Waals surface area contributed by atoms with Gasteiger partial charge in [-0.1, -0.05) is 75.8 Å². The first kappa shape index (κ1) is 48.6. The van der Waals surface area contributed by atoms with Crippen LogP contribution in [0.25, 0.3) is 0 Å². The summed E-state index contributed by atoms with van der Waals surface area (Å²) in [5.41, 5.74) is 15.6. The zero-order valence-electron chi connectivity index (χ0n) is 36.7. The molecule has 0 saturated carbocycles. The summed E-state index contributed by atoms with van der Waals surface area (Å²) in [6.07, 6.45) is 5.32. The zero-order valence-corrected chi connectivity index (χ0v) is 38.3. The van der Waals surface area contributed by atoms with Crippen molar-refractivity contribution in [1.82, 2.24) is 15.1 Å². The number of amides is 1. The molecule has 1 amide bonds. The van der Waals surface area contributed by atoms with E-state index in [1.165, 1.54) is 28.8 Å². The van der Waals surface area contributed by atoms with E-state index >= 15 is 0 Å². The van der Waals surface area contributed by atoms with E-state index in [-0.39, 0.29) is 40.4 Å². The van der Waals surface area contributed by atoms with Gasteiger partial charge in [0, 0.05) is 72.4 Å². The second kappa shape index (κ2) is 22.2. The largest absolute Gasteiger partial charge is 0.508 e. The number of nitrogens with zero attached hydrogens (tertiary/aromatic N) is 4. The van der Waals surface area contributed by atoms with E-state index in [4.69, 9.17) is 38.9 Å². The Labute approximate surface area is 371 Å². The first-order valence-electron chi connectivity index (χ1n) is 21.1. The van der Waals surface area contributed by atoms with E-state index in [0.717, 1.165) is 78.7 Å². The molecule has 3 aromatic carbocycles. The molecule has 0 unspecified atom stereocenters. The average Bonchev–Trinajstić information content (AvgIpc) is 3.23. The van der Waals surface area contributed by atoms with Crippen molar-refractivity contribution in [3.63, 3.8) is 0 Å². The Bertz CT molecular complexity index is 2090. The van der Waals surface area contributed by atoms with Gasteiger partial charge in [0.05, 0.1) is 16.3 Å². The van der Waals surface area contributed by atoms with Crippen LogP contribution in [0.1, 0.15) is 96.8 Å². The van der Waals surface area contributed by atoms with Crippen LogP contribution in [0.5, 0.6) is 11.5 Å². The van der Waals surface area contributed by atoms with Gasteiger partial charge in [0.25, 0.3) is 5.91 Å². The first-order valence-corrected chi connectivity index (χ1v) is 22.3. The maximum absolute atomic E-state index is 12.9. The number of amidine groups is 3. The highest BCUT2D eigenvalue weighted by molar-refractivity contribution is 8.03. The predicted molar refractivity (Wildman–Crippen MR) is 255 cm³/mol. The summed E-state index contributed by atoms with van der Waals surface area (Å²) < 4.78 is 0. The summed E-state index contributed by atoms with van der Waals surface area (Å²) >= 11 is 8.46. The lowest BCUT2D eigenvalue weighted by Crippen LogP contribution is -2.49. The normalized spacial score (nSPS) is 16.2. The second-order valence-electron chi connectivity index (χ2n) is 15.8. The monoisotopic (exact) mass is 872 g/mol. The molecule has 5 rings (SSSR count). The number of halogens is 1. The first-order chi connectivity index (χ1) is 29.0. The number of likely N-dealkylation sites (N-methyl/N-ethyl adjacent to an activating group) is 1. The number of likely N-dealkylation sites (tertiary alicyclic amines) is 2. The quantitative estimate of drug-likeness (QED) is 0.0495. The van der Waals surface area contributed by atoms with Crippen molar-refractivity contribution in [2.45, 2.75) is 103 Å². The number of phenolic OH excluding ortho intramolecular Hbond substituents is 2. The highest BCUT2D eigenvalue weighted by Gasteiger charge is 2.29. The van der Waals surface area contributed by atoms with Crippen LogP contribution in [0.15, 0.2) is 87.9 Å². The lowest BCUT2D eigenvalue weighted by Gasteiger charge is -2.37. The van der Waals surface area contributed by atoms with Gasteiger partial charge in [-0.25, -0.2) is 4.99 Å². The molecule has 15 heteroatoms. The Morgan fingerprint density at radius 1 is 1.08 bits per heavy atom. The Kier molecular flexibility index (Phi) is 17.7. The van der Waals surface area contributed by atoms with Gasteiger partial charge in [0.1, 0.15) is 29.0 Å². The fourth-order valence-electron chi connectivity index (χ4n) is 7.16. The maximum atomic E-state index is 12.9. The molecule has 2 heterocycles. The van der Waals surface area contributed by atoms with E-state index in [0.29, 0.717) is 35.2 Å². The standard InChI is InChI=1S/C44H59ClN10O3S.C2H6/c1-7-38(54-22-18-44(6,49)19-23-54)52-40(46)28(5)59-37-11-9-10-34(39(37)45)51-30-16-20-53(21-17-30)26-29-12-14-31(15-13-29)55(42(48)43(58)50-8-2)41(47)33-24-32(27(3)4)35(56)25-36(33)57;1-2/h7,9-15,24-25,27,30,47-48,51,56-57H,1,8,16-23,26,46,49H2,2-6H3,(H,50,58);1-2H3/b40-28+,47-41?,48-42?,52-38+;. The number of piperidine rings is 2. The lowest BCUT2D eigenvalue weighted by molar-refractivity contribution is -0.114. The Morgan fingerprint density at radius 3 is 2.31 bits per heavy atom. The van der Waals surface area contributed by atoms with Crippen LogP contribution in [-0.4, -0.2) is 87.7 Å². The summed E-state index contributed by atoms with van der Waals surface area (Å²) in [7, 11) is 0. The Morgan fingerprint density at radius 2 is 1.72 bits per heavy atom. The molecule has 2 fully saturated rings. The molecule has 2 aliphatic heterocycles. The predicted octanol–water partition coefficient (Wildman–Crippen LogP) is 8.56. The minimum Gasteiger partial charge on any atom is -0.508 e. The van der Waals surface area contributed by atoms with Crippen molar-refractivity contribution in [3.05, 3.63) is 99.7 Å². The topological polar surface area (TPSA) is 203 Å². The molecule has 2 saturated heterocycles. The number of carbonyl (C=O) groups excluding carboxylic acids is 1. The van der Waals surface area contributed by atoms with Gasteiger partial charge < -0.3 is 37.2 Å². The lowest BCUT2D eigenvalue weighted by atomic mass is 9.91. The van der Waals surface area contributed by atoms with E-state index < -0.39 is 11.7 Å². The Hall–Kier alpha value is -5.02. The summed E-state index contributed by atoms with van der Waals surface area (Å²) in [4.78, 5) is 25.1. The van der Waals surface area contributed by atoms with Crippen molar-refractivity contribution in [2.75, 3.05) is 42.9 Å². The summed E-state index contributed by atoms with van der Waals surface area (Å²) in [6, 6.07) is 16.4. The number of phenols is 2. The van der Waals surface area contributed by atoms with E-state index in [9.17, 15) is 15.0 Å². The molecular weight excluding hydrogens is 808 g/mol. The van der Waals surface area contributed by atoms with Crippen LogP contribution in [-0.2, 0) is 11.3 Å². The number of allylic oxidation sites excluding steroid dienone is 1. The maximum Gasteiger partial charge on any atom is 0.287 e. The molecule has 2 aliphatic rings. The van der Waals surface area contributed by atoms with Gasteiger partial charge >= 0.3 is 0 Å². The van der Waals surface area contributed by atoms with Crippen LogP contribution < -0.4 is 27.0 Å². The third-order valence-corrected chi connectivity index (χ3v) is 12.4. The minimum absolute atomic E-state index is 0.0837. The number of carbonyl (C=O) groups is 1. The van der Waals surface area contributed by atoms with Crippen molar-refractivity contribution >= 4 is 58.2 Å². The molecule has 13 nitrogen and oxygen atoms in total. The van der Waals surface area contributed by atoms with Gasteiger partial charge in [-0.15, -0.1) is 0 Å². The van der Waals surface area contributed by atoms with Crippen LogP contribution in [0.2, 0.25) is 5.02 Å². The molecule has 0 aromatic heterocycles. The number of benzene rings is 3. The van der Waals surface area contributed by atoms with Crippen molar-refractivity contribution in [3.8, 4) is 11.5 Å². The smallest absolute Gasteiger partial charge is 0.287 e. The summed E-state index contributed by atoms with van der Waals surface area (Å²) in [5, 5.41) is 45.8. The second-order valence-corrected chi connectivity index (χ2v) is 17.4. The SMILES string of the molecule is C=C/C(=N\C(N)=C(/C)Sc1cccc(NC2CCN(Cc3ccc(N(C(=N)C(=O)NCC)C(=N)c4cc(C(C)C)c(O)cc4O)cc3)CC2)c1Cl)N1CCC(C)(N)CC1.CC. The molecule has 0 spiro atoms. The summed E-state index contributed by atoms with van der Waals surface area (Å²) in [5.74, 6) is -0.695. The number of anilines is 2.